The lowest BCUT2D eigenvalue weighted by Gasteiger charge is -2.28. The van der Waals surface area contributed by atoms with Crippen molar-refractivity contribution in [1.82, 2.24) is 10.3 Å². The van der Waals surface area contributed by atoms with Gasteiger partial charge in [-0.1, -0.05) is 33.6 Å². The molecule has 0 aliphatic carbocycles. The summed E-state index contributed by atoms with van der Waals surface area (Å²) in [6.07, 6.45) is 8.68. The van der Waals surface area contributed by atoms with Crippen LogP contribution in [0.5, 0.6) is 0 Å². The molecule has 0 aromatic carbocycles. The van der Waals surface area contributed by atoms with Crippen molar-refractivity contribution in [3.63, 3.8) is 0 Å². The molecule has 0 bridgehead atoms. The third kappa shape index (κ3) is 4.18. The summed E-state index contributed by atoms with van der Waals surface area (Å²) in [4.78, 5) is 8.56. The van der Waals surface area contributed by atoms with Gasteiger partial charge in [-0.3, -0.25) is 0 Å². The van der Waals surface area contributed by atoms with Gasteiger partial charge in [-0.2, -0.15) is 0 Å². The van der Waals surface area contributed by atoms with Crippen molar-refractivity contribution < 1.29 is 0 Å². The molecule has 1 aliphatic heterocycles. The summed E-state index contributed by atoms with van der Waals surface area (Å²) in [7, 11) is 0. The zero-order valence-corrected chi connectivity index (χ0v) is 13.3. The first-order valence-electron chi connectivity index (χ1n) is 7.65. The fraction of sp³-hybridized carbons (Fsp3) is 0.800. The van der Waals surface area contributed by atoms with E-state index < -0.39 is 0 Å². The SMILES string of the molecule is CCC1CCCCCN1c1ncc(CNC(C)C)s1. The Balaban J connectivity index is 2.02. The van der Waals surface area contributed by atoms with E-state index >= 15 is 0 Å². The number of rotatable bonds is 5. The van der Waals surface area contributed by atoms with Gasteiger partial charge in [-0.05, 0) is 19.3 Å². The Kier molecular flexibility index (Phi) is 5.64. The minimum absolute atomic E-state index is 0.534. The van der Waals surface area contributed by atoms with Crippen LogP contribution >= 0.6 is 11.3 Å². The topological polar surface area (TPSA) is 28.2 Å². The quantitative estimate of drug-likeness (QED) is 0.890. The molecule has 4 heteroatoms. The van der Waals surface area contributed by atoms with Crippen LogP contribution in [0.2, 0.25) is 0 Å². The molecule has 1 aromatic heterocycles. The molecule has 1 saturated heterocycles. The van der Waals surface area contributed by atoms with E-state index in [0.29, 0.717) is 12.1 Å². The van der Waals surface area contributed by atoms with Gasteiger partial charge in [0.05, 0.1) is 0 Å². The highest BCUT2D eigenvalue weighted by molar-refractivity contribution is 7.15. The molecule has 1 aliphatic rings. The van der Waals surface area contributed by atoms with Crippen LogP contribution in [-0.4, -0.2) is 23.6 Å². The lowest BCUT2D eigenvalue weighted by atomic mass is 10.1. The molecule has 1 aromatic rings. The lowest BCUT2D eigenvalue weighted by molar-refractivity contribution is 0.555. The first-order chi connectivity index (χ1) is 9.20. The fourth-order valence-corrected chi connectivity index (χ4v) is 3.63. The minimum atomic E-state index is 0.534. The largest absolute Gasteiger partial charge is 0.345 e. The van der Waals surface area contributed by atoms with Crippen molar-refractivity contribution in [2.45, 2.75) is 71.5 Å². The Hall–Kier alpha value is -0.610. The molecule has 1 atom stereocenters. The van der Waals surface area contributed by atoms with Gasteiger partial charge in [-0.15, -0.1) is 11.3 Å². The molecule has 108 valence electrons. The van der Waals surface area contributed by atoms with Gasteiger partial charge in [0.1, 0.15) is 0 Å². The molecule has 1 N–H and O–H groups in total. The number of aromatic nitrogens is 1. The Morgan fingerprint density at radius 3 is 3.00 bits per heavy atom. The van der Waals surface area contributed by atoms with Crippen LogP contribution in [0.1, 0.15) is 57.8 Å². The van der Waals surface area contributed by atoms with Crippen molar-refractivity contribution in [1.29, 1.82) is 0 Å². The molecule has 19 heavy (non-hydrogen) atoms. The van der Waals surface area contributed by atoms with Crippen molar-refractivity contribution in [3.05, 3.63) is 11.1 Å². The highest BCUT2D eigenvalue weighted by Gasteiger charge is 2.22. The average molecular weight is 281 g/mol. The number of thiazole rings is 1. The summed E-state index contributed by atoms with van der Waals surface area (Å²) >= 11 is 1.86. The van der Waals surface area contributed by atoms with Crippen molar-refractivity contribution in [2.24, 2.45) is 0 Å². The molecule has 0 amide bonds. The highest BCUT2D eigenvalue weighted by Crippen LogP contribution is 2.29. The smallest absolute Gasteiger partial charge is 0.185 e. The number of nitrogens with one attached hydrogen (secondary N) is 1. The second-order valence-corrected chi connectivity index (χ2v) is 6.84. The predicted molar refractivity (Wildman–Crippen MR) is 84.0 cm³/mol. The zero-order chi connectivity index (χ0) is 13.7. The van der Waals surface area contributed by atoms with Gasteiger partial charge in [-0.25, -0.2) is 4.98 Å². The van der Waals surface area contributed by atoms with E-state index in [1.54, 1.807) is 0 Å². The summed E-state index contributed by atoms with van der Waals surface area (Å²) in [5.74, 6) is 0. The molecule has 2 rings (SSSR count). The van der Waals surface area contributed by atoms with Gasteiger partial charge in [0.15, 0.2) is 5.13 Å². The summed E-state index contributed by atoms with van der Waals surface area (Å²) in [6.45, 7) is 8.80. The van der Waals surface area contributed by atoms with Crippen LogP contribution in [0.25, 0.3) is 0 Å². The van der Waals surface area contributed by atoms with E-state index in [9.17, 15) is 0 Å². The third-order valence-electron chi connectivity index (χ3n) is 3.82. The molecule has 1 fully saturated rings. The van der Waals surface area contributed by atoms with E-state index in [4.69, 9.17) is 0 Å². The molecule has 3 nitrogen and oxygen atoms in total. The van der Waals surface area contributed by atoms with Crippen LogP contribution in [0, 0.1) is 0 Å². The Labute approximate surface area is 121 Å². The minimum Gasteiger partial charge on any atom is -0.345 e. The summed E-state index contributed by atoms with van der Waals surface area (Å²) in [5, 5.41) is 4.70. The maximum atomic E-state index is 4.66. The van der Waals surface area contributed by atoms with Crippen LogP contribution in [0.3, 0.4) is 0 Å². The summed E-state index contributed by atoms with van der Waals surface area (Å²) in [6, 6.07) is 1.23. The lowest BCUT2D eigenvalue weighted by Crippen LogP contribution is -2.34. The second kappa shape index (κ2) is 7.25. The average Bonchev–Trinajstić information content (AvgIpc) is 2.73. The van der Waals surface area contributed by atoms with Gasteiger partial charge in [0.25, 0.3) is 0 Å². The summed E-state index contributed by atoms with van der Waals surface area (Å²) < 4.78 is 0. The fourth-order valence-electron chi connectivity index (χ4n) is 2.67. The maximum absolute atomic E-state index is 4.66. The van der Waals surface area contributed by atoms with E-state index in [-0.39, 0.29) is 0 Å². The molecule has 0 spiro atoms. The van der Waals surface area contributed by atoms with Gasteiger partial charge < -0.3 is 10.2 Å². The molecule has 0 saturated carbocycles. The first kappa shape index (κ1) is 14.8. The van der Waals surface area contributed by atoms with Crippen LogP contribution in [0.4, 0.5) is 5.13 Å². The molecule has 2 heterocycles. The highest BCUT2D eigenvalue weighted by atomic mass is 32.1. The Morgan fingerprint density at radius 1 is 1.42 bits per heavy atom. The number of hydrogen-bond donors (Lipinski definition) is 1. The van der Waals surface area contributed by atoms with E-state index in [1.165, 1.54) is 48.7 Å². The van der Waals surface area contributed by atoms with Gasteiger partial charge >= 0.3 is 0 Å². The van der Waals surface area contributed by atoms with Crippen molar-refractivity contribution in [3.8, 4) is 0 Å². The van der Waals surface area contributed by atoms with Crippen LogP contribution in [0.15, 0.2) is 6.20 Å². The monoisotopic (exact) mass is 281 g/mol. The zero-order valence-electron chi connectivity index (χ0n) is 12.5. The molecular formula is C15H27N3S. The van der Waals surface area contributed by atoms with E-state index in [1.807, 2.05) is 17.5 Å². The number of hydrogen-bond acceptors (Lipinski definition) is 4. The maximum Gasteiger partial charge on any atom is 0.185 e. The van der Waals surface area contributed by atoms with Gasteiger partial charge in [0.2, 0.25) is 0 Å². The van der Waals surface area contributed by atoms with Crippen molar-refractivity contribution in [2.75, 3.05) is 11.4 Å². The Bertz CT molecular complexity index is 375. The third-order valence-corrected chi connectivity index (χ3v) is 4.85. The van der Waals surface area contributed by atoms with Gasteiger partial charge in [0, 0.05) is 36.2 Å². The predicted octanol–water partition coefficient (Wildman–Crippen LogP) is 3.80. The number of anilines is 1. The molecule has 1 unspecified atom stereocenters. The standard InChI is InChI=1S/C15H27N3S/c1-4-13-8-6-5-7-9-18(13)15-17-11-14(19-15)10-16-12(2)3/h11-13,16H,4-10H2,1-3H3. The first-order valence-corrected chi connectivity index (χ1v) is 8.47. The molecule has 0 radical (unpaired) electrons. The van der Waals surface area contributed by atoms with Crippen LogP contribution in [-0.2, 0) is 6.54 Å². The van der Waals surface area contributed by atoms with Crippen molar-refractivity contribution >= 4 is 16.5 Å². The molecular weight excluding hydrogens is 254 g/mol. The van der Waals surface area contributed by atoms with E-state index in [2.05, 4.69) is 36.0 Å². The van der Waals surface area contributed by atoms with Crippen LogP contribution < -0.4 is 10.2 Å². The second-order valence-electron chi connectivity index (χ2n) is 5.75. The number of nitrogens with zero attached hydrogens (tertiary/aromatic N) is 2. The Morgan fingerprint density at radius 2 is 2.26 bits per heavy atom. The summed E-state index contributed by atoms with van der Waals surface area (Å²) in [5.41, 5.74) is 0. The van der Waals surface area contributed by atoms with E-state index in [0.717, 1.165) is 6.54 Å². The normalized spacial score (nSPS) is 20.8.